The van der Waals surface area contributed by atoms with Crippen molar-refractivity contribution in [3.05, 3.63) is 48.2 Å². The van der Waals surface area contributed by atoms with Crippen molar-refractivity contribution in [2.75, 3.05) is 18.5 Å². The topological polar surface area (TPSA) is 43.4 Å². The van der Waals surface area contributed by atoms with Gasteiger partial charge in [-0.2, -0.15) is 0 Å². The summed E-state index contributed by atoms with van der Waals surface area (Å²) in [4.78, 5) is 4.34. The van der Waals surface area contributed by atoms with Gasteiger partial charge in [0.05, 0.1) is 13.2 Å². The molecule has 1 heterocycles. The first kappa shape index (κ1) is 15.2. The fourth-order valence-corrected chi connectivity index (χ4v) is 1.95. The molecule has 0 fully saturated rings. The summed E-state index contributed by atoms with van der Waals surface area (Å²) in [6, 6.07) is 11.9. The van der Waals surface area contributed by atoms with Gasteiger partial charge in [0, 0.05) is 12.7 Å². The van der Waals surface area contributed by atoms with Crippen LogP contribution < -0.4 is 14.8 Å². The lowest BCUT2D eigenvalue weighted by atomic mass is 10.2. The van der Waals surface area contributed by atoms with E-state index in [1.54, 1.807) is 6.20 Å². The van der Waals surface area contributed by atoms with Gasteiger partial charge in [0.15, 0.2) is 11.6 Å². The zero-order chi connectivity index (χ0) is 14.9. The quantitative estimate of drug-likeness (QED) is 0.799. The van der Waals surface area contributed by atoms with E-state index in [0.717, 1.165) is 29.3 Å². The zero-order valence-corrected chi connectivity index (χ0v) is 12.6. The number of anilines is 1. The summed E-state index contributed by atoms with van der Waals surface area (Å²) >= 11 is 0. The third-order valence-corrected chi connectivity index (χ3v) is 2.90. The summed E-state index contributed by atoms with van der Waals surface area (Å²) < 4.78 is 11.2. The van der Waals surface area contributed by atoms with Crippen molar-refractivity contribution >= 4 is 5.82 Å². The molecule has 21 heavy (non-hydrogen) atoms. The number of rotatable bonds is 8. The SMILES string of the molecule is CCCOc1cccnc1NCc1cccc(OCC)c1. The van der Waals surface area contributed by atoms with Crippen molar-refractivity contribution in [1.29, 1.82) is 0 Å². The Balaban J connectivity index is 2.00. The number of nitrogens with one attached hydrogen (secondary N) is 1. The summed E-state index contributed by atoms with van der Waals surface area (Å²) in [5.41, 5.74) is 1.15. The molecule has 4 heteroatoms. The second kappa shape index (κ2) is 8.15. The van der Waals surface area contributed by atoms with Crippen molar-refractivity contribution < 1.29 is 9.47 Å². The normalized spacial score (nSPS) is 10.2. The second-order valence-corrected chi connectivity index (χ2v) is 4.63. The predicted molar refractivity (Wildman–Crippen MR) is 85.0 cm³/mol. The molecule has 0 aliphatic heterocycles. The molecule has 0 aliphatic carbocycles. The van der Waals surface area contributed by atoms with E-state index in [0.29, 0.717) is 19.8 Å². The molecule has 0 unspecified atom stereocenters. The lowest BCUT2D eigenvalue weighted by molar-refractivity contribution is 0.318. The van der Waals surface area contributed by atoms with Crippen LogP contribution in [0.3, 0.4) is 0 Å². The minimum atomic E-state index is 0.673. The van der Waals surface area contributed by atoms with Crippen molar-refractivity contribution in [2.24, 2.45) is 0 Å². The molecule has 112 valence electrons. The average molecular weight is 286 g/mol. The van der Waals surface area contributed by atoms with E-state index in [9.17, 15) is 0 Å². The highest BCUT2D eigenvalue weighted by Crippen LogP contribution is 2.22. The number of pyridine rings is 1. The molecule has 0 amide bonds. The van der Waals surface area contributed by atoms with E-state index in [-0.39, 0.29) is 0 Å². The summed E-state index contributed by atoms with van der Waals surface area (Å²) in [6.07, 6.45) is 2.74. The Hall–Kier alpha value is -2.23. The van der Waals surface area contributed by atoms with E-state index < -0.39 is 0 Å². The number of ether oxygens (including phenoxy) is 2. The fraction of sp³-hybridized carbons (Fsp3) is 0.353. The van der Waals surface area contributed by atoms with Crippen molar-refractivity contribution in [3.8, 4) is 11.5 Å². The Kier molecular flexibility index (Phi) is 5.88. The number of nitrogens with zero attached hydrogens (tertiary/aromatic N) is 1. The lowest BCUT2D eigenvalue weighted by Crippen LogP contribution is -2.05. The molecule has 2 rings (SSSR count). The Morgan fingerprint density at radius 1 is 1.10 bits per heavy atom. The van der Waals surface area contributed by atoms with E-state index in [2.05, 4.69) is 23.3 Å². The maximum atomic E-state index is 5.69. The fourth-order valence-electron chi connectivity index (χ4n) is 1.95. The van der Waals surface area contributed by atoms with Crippen LogP contribution in [0.2, 0.25) is 0 Å². The molecule has 0 atom stereocenters. The van der Waals surface area contributed by atoms with Crippen LogP contribution in [0.25, 0.3) is 0 Å². The molecule has 2 aromatic rings. The third kappa shape index (κ3) is 4.67. The minimum Gasteiger partial charge on any atom is -0.494 e. The molecule has 0 spiro atoms. The first-order valence-electron chi connectivity index (χ1n) is 7.37. The predicted octanol–water partition coefficient (Wildman–Crippen LogP) is 3.88. The van der Waals surface area contributed by atoms with Crippen LogP contribution >= 0.6 is 0 Å². The van der Waals surface area contributed by atoms with Gasteiger partial charge in [0.25, 0.3) is 0 Å². The van der Waals surface area contributed by atoms with E-state index in [4.69, 9.17) is 9.47 Å². The van der Waals surface area contributed by atoms with Gasteiger partial charge in [-0.15, -0.1) is 0 Å². The number of hydrogen-bond donors (Lipinski definition) is 1. The zero-order valence-electron chi connectivity index (χ0n) is 12.6. The van der Waals surface area contributed by atoms with Gasteiger partial charge in [0.2, 0.25) is 0 Å². The average Bonchev–Trinajstić information content (AvgIpc) is 2.52. The van der Waals surface area contributed by atoms with Gasteiger partial charge in [-0.3, -0.25) is 0 Å². The lowest BCUT2D eigenvalue weighted by Gasteiger charge is -2.12. The Labute approximate surface area is 126 Å². The largest absolute Gasteiger partial charge is 0.494 e. The van der Waals surface area contributed by atoms with E-state index in [1.165, 1.54) is 0 Å². The summed E-state index contributed by atoms with van der Waals surface area (Å²) in [5, 5.41) is 3.32. The van der Waals surface area contributed by atoms with Gasteiger partial charge < -0.3 is 14.8 Å². The number of hydrogen-bond acceptors (Lipinski definition) is 4. The maximum absolute atomic E-state index is 5.69. The van der Waals surface area contributed by atoms with Crippen LogP contribution in [0, 0.1) is 0 Å². The molecule has 0 radical (unpaired) electrons. The summed E-state index contributed by atoms with van der Waals surface area (Å²) in [6.45, 7) is 6.12. The Morgan fingerprint density at radius 2 is 2.00 bits per heavy atom. The van der Waals surface area contributed by atoms with Crippen LogP contribution in [0.1, 0.15) is 25.8 Å². The maximum Gasteiger partial charge on any atom is 0.169 e. The van der Waals surface area contributed by atoms with Crippen LogP contribution in [0.5, 0.6) is 11.5 Å². The number of benzene rings is 1. The minimum absolute atomic E-state index is 0.673. The molecule has 0 saturated carbocycles. The van der Waals surface area contributed by atoms with Gasteiger partial charge >= 0.3 is 0 Å². The van der Waals surface area contributed by atoms with Gasteiger partial charge in [0.1, 0.15) is 5.75 Å². The highest BCUT2D eigenvalue weighted by molar-refractivity contribution is 5.50. The van der Waals surface area contributed by atoms with Gasteiger partial charge in [-0.25, -0.2) is 4.98 Å². The van der Waals surface area contributed by atoms with Crippen LogP contribution in [-0.4, -0.2) is 18.2 Å². The van der Waals surface area contributed by atoms with E-state index >= 15 is 0 Å². The molecular formula is C17H22N2O2. The summed E-state index contributed by atoms with van der Waals surface area (Å²) in [5.74, 6) is 2.45. The first-order chi connectivity index (χ1) is 10.3. The van der Waals surface area contributed by atoms with Gasteiger partial charge in [-0.05, 0) is 43.2 Å². The van der Waals surface area contributed by atoms with Crippen molar-refractivity contribution in [1.82, 2.24) is 4.98 Å². The molecule has 0 aliphatic rings. The third-order valence-electron chi connectivity index (χ3n) is 2.90. The second-order valence-electron chi connectivity index (χ2n) is 4.63. The Morgan fingerprint density at radius 3 is 2.81 bits per heavy atom. The van der Waals surface area contributed by atoms with Gasteiger partial charge in [-0.1, -0.05) is 19.1 Å². The van der Waals surface area contributed by atoms with Crippen LogP contribution in [-0.2, 0) is 6.54 Å². The highest BCUT2D eigenvalue weighted by Gasteiger charge is 2.04. The Bertz CT molecular complexity index is 558. The van der Waals surface area contributed by atoms with E-state index in [1.807, 2.05) is 37.3 Å². The molecular weight excluding hydrogens is 264 g/mol. The molecule has 1 aromatic carbocycles. The highest BCUT2D eigenvalue weighted by atomic mass is 16.5. The summed E-state index contributed by atoms with van der Waals surface area (Å²) in [7, 11) is 0. The molecule has 1 aromatic heterocycles. The smallest absolute Gasteiger partial charge is 0.169 e. The molecule has 1 N–H and O–H groups in total. The standard InChI is InChI=1S/C17H22N2O2/c1-3-11-21-16-9-6-10-18-17(16)19-13-14-7-5-8-15(12-14)20-4-2/h5-10,12H,3-4,11,13H2,1-2H3,(H,18,19). The van der Waals surface area contributed by atoms with Crippen molar-refractivity contribution in [3.63, 3.8) is 0 Å². The molecule has 4 nitrogen and oxygen atoms in total. The van der Waals surface area contributed by atoms with Crippen LogP contribution in [0.4, 0.5) is 5.82 Å². The monoisotopic (exact) mass is 286 g/mol. The molecule has 0 saturated heterocycles. The first-order valence-corrected chi connectivity index (χ1v) is 7.37. The molecule has 0 bridgehead atoms. The number of aromatic nitrogens is 1. The van der Waals surface area contributed by atoms with Crippen LogP contribution in [0.15, 0.2) is 42.6 Å². The van der Waals surface area contributed by atoms with Crippen molar-refractivity contribution in [2.45, 2.75) is 26.8 Å².